The molecule has 2 heterocycles. The van der Waals surface area contributed by atoms with E-state index in [1.165, 1.54) is 0 Å². The van der Waals surface area contributed by atoms with Gasteiger partial charge in [-0.1, -0.05) is 24.3 Å². The Balaban J connectivity index is 1.97. The fraction of sp³-hybridized carbons (Fsp3) is 0.235. The number of para-hydroxylation sites is 1. The Labute approximate surface area is 127 Å². The number of nitrogens with one attached hydrogen (secondary N) is 1. The second-order valence-electron chi connectivity index (χ2n) is 5.40. The average molecular weight is 296 g/mol. The Hall–Kier alpha value is -2.69. The van der Waals surface area contributed by atoms with Gasteiger partial charge >= 0.3 is 5.97 Å². The summed E-state index contributed by atoms with van der Waals surface area (Å²) in [6, 6.07) is 7.78. The van der Waals surface area contributed by atoms with Gasteiger partial charge in [0.2, 0.25) is 5.78 Å². The highest BCUT2D eigenvalue weighted by molar-refractivity contribution is 6.33. The molecule has 1 unspecified atom stereocenters. The molecule has 1 aliphatic rings. The molecule has 1 aromatic heterocycles. The number of rotatable bonds is 5. The Bertz CT molecular complexity index is 786. The standard InChI is InChI=1S/C17H16N2O3/c20-16(17(21)22)9-15-13(8-11-4-3-7-18-10-11)12-5-1-2-6-14(12)19-15/h1-7,11,19H,8-10H2,(H,21,22). The largest absolute Gasteiger partial charge is 0.475 e. The second-order valence-corrected chi connectivity index (χ2v) is 5.40. The summed E-state index contributed by atoms with van der Waals surface area (Å²) < 4.78 is 0. The topological polar surface area (TPSA) is 82.5 Å². The van der Waals surface area contributed by atoms with Crippen LogP contribution in [0.4, 0.5) is 0 Å². The van der Waals surface area contributed by atoms with Crippen LogP contribution in [0.5, 0.6) is 0 Å². The molecule has 2 aromatic rings. The molecule has 5 nitrogen and oxygen atoms in total. The number of Topliss-reactive ketones (excluding diaryl/α,β-unsaturated/α-hetero) is 1. The van der Waals surface area contributed by atoms with E-state index in [4.69, 9.17) is 5.11 Å². The van der Waals surface area contributed by atoms with Gasteiger partial charge in [-0.15, -0.1) is 0 Å². The predicted molar refractivity (Wildman–Crippen MR) is 84.3 cm³/mol. The lowest BCUT2D eigenvalue weighted by Gasteiger charge is -2.13. The fourth-order valence-corrected chi connectivity index (χ4v) is 2.80. The molecule has 22 heavy (non-hydrogen) atoms. The first-order valence-corrected chi connectivity index (χ1v) is 7.16. The lowest BCUT2D eigenvalue weighted by molar-refractivity contribution is -0.148. The molecule has 2 N–H and O–H groups in total. The van der Waals surface area contributed by atoms with Gasteiger partial charge in [0, 0.05) is 35.3 Å². The third kappa shape index (κ3) is 2.83. The molecule has 0 saturated heterocycles. The molecule has 112 valence electrons. The number of carboxylic acids is 1. The minimum absolute atomic E-state index is 0.112. The second kappa shape index (κ2) is 5.97. The summed E-state index contributed by atoms with van der Waals surface area (Å²) >= 11 is 0. The number of carbonyl (C=O) groups is 2. The first kappa shape index (κ1) is 14.3. The van der Waals surface area contributed by atoms with Crippen molar-refractivity contribution in [2.75, 3.05) is 6.54 Å². The Morgan fingerprint density at radius 2 is 2.14 bits per heavy atom. The van der Waals surface area contributed by atoms with E-state index in [1.54, 1.807) is 6.21 Å². The highest BCUT2D eigenvalue weighted by Crippen LogP contribution is 2.26. The fourth-order valence-electron chi connectivity index (χ4n) is 2.80. The number of fused-ring (bicyclic) bond motifs is 1. The van der Waals surface area contributed by atoms with Crippen LogP contribution in [0.3, 0.4) is 0 Å². The number of ketones is 1. The van der Waals surface area contributed by atoms with Crippen LogP contribution in [0.2, 0.25) is 0 Å². The lowest BCUT2D eigenvalue weighted by Crippen LogP contribution is -2.17. The van der Waals surface area contributed by atoms with E-state index >= 15 is 0 Å². The van der Waals surface area contributed by atoms with E-state index in [9.17, 15) is 9.59 Å². The van der Waals surface area contributed by atoms with Crippen LogP contribution in [-0.4, -0.2) is 34.6 Å². The van der Waals surface area contributed by atoms with Gasteiger partial charge in [-0.3, -0.25) is 9.79 Å². The van der Waals surface area contributed by atoms with E-state index < -0.39 is 11.8 Å². The summed E-state index contributed by atoms with van der Waals surface area (Å²) in [5, 5.41) is 9.88. The molecular formula is C17H16N2O3. The Kier molecular flexibility index (Phi) is 3.87. The maximum Gasteiger partial charge on any atom is 0.372 e. The molecule has 0 aliphatic carbocycles. The first-order chi connectivity index (χ1) is 10.6. The maximum atomic E-state index is 11.6. The number of dihydropyridines is 1. The minimum atomic E-state index is -1.40. The van der Waals surface area contributed by atoms with Crippen LogP contribution in [0.15, 0.2) is 41.4 Å². The number of hydrogen-bond acceptors (Lipinski definition) is 3. The van der Waals surface area contributed by atoms with Crippen molar-refractivity contribution in [1.82, 2.24) is 4.98 Å². The minimum Gasteiger partial charge on any atom is -0.475 e. The van der Waals surface area contributed by atoms with E-state index in [1.807, 2.05) is 30.3 Å². The smallest absolute Gasteiger partial charge is 0.372 e. The average Bonchev–Trinajstić information content (AvgIpc) is 2.86. The number of aromatic nitrogens is 1. The molecule has 0 fully saturated rings. The van der Waals surface area contributed by atoms with Crippen LogP contribution in [0.25, 0.3) is 10.9 Å². The van der Waals surface area contributed by atoms with E-state index in [-0.39, 0.29) is 12.3 Å². The molecule has 0 radical (unpaired) electrons. The molecule has 1 aromatic carbocycles. The zero-order valence-corrected chi connectivity index (χ0v) is 12.0. The van der Waals surface area contributed by atoms with Crippen LogP contribution in [0.1, 0.15) is 11.3 Å². The molecule has 0 saturated carbocycles. The summed E-state index contributed by atoms with van der Waals surface area (Å²) in [5.74, 6) is -1.93. The van der Waals surface area contributed by atoms with Crippen molar-refractivity contribution in [2.24, 2.45) is 10.9 Å². The Morgan fingerprint density at radius 3 is 2.86 bits per heavy atom. The molecule has 1 aliphatic heterocycles. The monoisotopic (exact) mass is 296 g/mol. The van der Waals surface area contributed by atoms with Crippen molar-refractivity contribution in [3.05, 3.63) is 47.7 Å². The van der Waals surface area contributed by atoms with Crippen LogP contribution >= 0.6 is 0 Å². The summed E-state index contributed by atoms with van der Waals surface area (Å²) in [6.07, 6.45) is 6.42. The van der Waals surface area contributed by atoms with Gasteiger partial charge in [-0.05, 0) is 24.1 Å². The van der Waals surface area contributed by atoms with Gasteiger partial charge in [0.05, 0.1) is 6.42 Å². The molecule has 0 bridgehead atoms. The zero-order chi connectivity index (χ0) is 15.5. The summed E-state index contributed by atoms with van der Waals surface area (Å²) in [5.41, 5.74) is 2.63. The summed E-state index contributed by atoms with van der Waals surface area (Å²) in [6.45, 7) is 0.711. The number of aromatic amines is 1. The quantitative estimate of drug-likeness (QED) is 0.829. The number of nitrogens with zero attached hydrogens (tertiary/aromatic N) is 1. The maximum absolute atomic E-state index is 11.6. The predicted octanol–water partition coefficient (Wildman–Crippen LogP) is 2.16. The van der Waals surface area contributed by atoms with Crippen molar-refractivity contribution >= 4 is 28.9 Å². The van der Waals surface area contributed by atoms with E-state index in [0.29, 0.717) is 12.2 Å². The van der Waals surface area contributed by atoms with Crippen molar-refractivity contribution in [1.29, 1.82) is 0 Å². The molecule has 1 atom stereocenters. The number of allylic oxidation sites excluding steroid dienone is 1. The number of hydrogen-bond donors (Lipinski definition) is 2. The van der Waals surface area contributed by atoms with Crippen molar-refractivity contribution < 1.29 is 14.7 Å². The highest BCUT2D eigenvalue weighted by Gasteiger charge is 2.20. The van der Waals surface area contributed by atoms with E-state index in [0.717, 1.165) is 22.9 Å². The normalized spacial score (nSPS) is 17.0. The van der Waals surface area contributed by atoms with Crippen LogP contribution < -0.4 is 0 Å². The molecular weight excluding hydrogens is 280 g/mol. The molecule has 5 heteroatoms. The number of H-pyrrole nitrogens is 1. The van der Waals surface area contributed by atoms with Crippen LogP contribution in [0, 0.1) is 5.92 Å². The SMILES string of the molecule is O=C(O)C(=O)Cc1[nH]c2ccccc2c1CC1C=CC=NC1. The Morgan fingerprint density at radius 1 is 1.32 bits per heavy atom. The number of benzene rings is 1. The zero-order valence-electron chi connectivity index (χ0n) is 12.0. The van der Waals surface area contributed by atoms with Crippen molar-refractivity contribution in [2.45, 2.75) is 12.8 Å². The lowest BCUT2D eigenvalue weighted by atomic mass is 9.94. The highest BCUT2D eigenvalue weighted by atomic mass is 16.4. The molecule has 0 spiro atoms. The van der Waals surface area contributed by atoms with Gasteiger partial charge in [0.1, 0.15) is 0 Å². The molecule has 0 amide bonds. The third-order valence-electron chi connectivity index (χ3n) is 3.86. The number of aliphatic imine (C=N–C) groups is 1. The molecule has 3 rings (SSSR count). The summed E-state index contributed by atoms with van der Waals surface area (Å²) in [7, 11) is 0. The van der Waals surface area contributed by atoms with Gasteiger partial charge in [0.15, 0.2) is 0 Å². The summed E-state index contributed by atoms with van der Waals surface area (Å²) in [4.78, 5) is 29.9. The van der Waals surface area contributed by atoms with Gasteiger partial charge in [-0.25, -0.2) is 4.79 Å². The van der Waals surface area contributed by atoms with Gasteiger partial charge in [-0.2, -0.15) is 0 Å². The van der Waals surface area contributed by atoms with Crippen molar-refractivity contribution in [3.8, 4) is 0 Å². The number of aliphatic carboxylic acids is 1. The van der Waals surface area contributed by atoms with E-state index in [2.05, 4.69) is 16.1 Å². The number of carboxylic acid groups (broad SMARTS) is 1. The van der Waals surface area contributed by atoms with Gasteiger partial charge < -0.3 is 10.1 Å². The third-order valence-corrected chi connectivity index (χ3v) is 3.86. The number of carbonyl (C=O) groups excluding carboxylic acids is 1. The van der Waals surface area contributed by atoms with Crippen LogP contribution in [-0.2, 0) is 22.4 Å². The first-order valence-electron chi connectivity index (χ1n) is 7.16. The van der Waals surface area contributed by atoms with Gasteiger partial charge in [0.25, 0.3) is 0 Å². The van der Waals surface area contributed by atoms with Crippen molar-refractivity contribution in [3.63, 3.8) is 0 Å².